The highest BCUT2D eigenvalue weighted by atomic mass is 28.3. The molecule has 5 rings (SSSR count). The molecule has 0 spiro atoms. The molecule has 0 amide bonds. The molecule has 2 heteroatoms. The Balaban J connectivity index is 1.71. The number of benzene rings is 2. The number of aromatic nitrogens is 1. The minimum Gasteiger partial charge on any atom is -0.200 e. The molecule has 1 heterocycles. The molecule has 0 radical (unpaired) electrons. The van der Waals surface area contributed by atoms with Gasteiger partial charge in [-0.2, -0.15) is 0 Å². The first-order valence-corrected chi connectivity index (χ1v) is 17.7. The molecule has 0 atom stereocenters. The van der Waals surface area contributed by atoms with E-state index < -0.39 is 8.07 Å². The monoisotopic (exact) mass is 512 g/mol. The van der Waals surface area contributed by atoms with Crippen molar-refractivity contribution in [1.29, 1.82) is 0 Å². The standard InChI is InChI=1S/C35H50NSi/c1-8-37(9-2,35(4,5)6)30-18-19-31-28(22-30)20-21-36(7)34(31)33-24-29(26-14-10-11-15-26)23-32(25(33)3)27-16-12-13-17-27/h18-24,26-27H,8-17H2,1-7H3/q+1. The van der Waals surface area contributed by atoms with Crippen LogP contribution in [-0.2, 0) is 7.05 Å². The minimum atomic E-state index is -1.62. The van der Waals surface area contributed by atoms with Gasteiger partial charge < -0.3 is 0 Å². The zero-order chi connectivity index (χ0) is 26.4. The van der Waals surface area contributed by atoms with Gasteiger partial charge in [-0.3, -0.25) is 0 Å². The van der Waals surface area contributed by atoms with Crippen LogP contribution in [0.3, 0.4) is 0 Å². The highest BCUT2D eigenvalue weighted by Gasteiger charge is 2.43. The first kappa shape index (κ1) is 26.7. The number of fused-ring (bicyclic) bond motifs is 1. The maximum Gasteiger partial charge on any atom is 0.220 e. The van der Waals surface area contributed by atoms with Crippen LogP contribution in [-0.4, -0.2) is 8.07 Å². The lowest BCUT2D eigenvalue weighted by atomic mass is 9.84. The number of nitrogens with zero attached hydrogens (tertiary/aromatic N) is 1. The third-order valence-electron chi connectivity index (χ3n) is 10.7. The zero-order valence-corrected chi connectivity index (χ0v) is 25.7. The van der Waals surface area contributed by atoms with Crippen LogP contribution >= 0.6 is 0 Å². The smallest absolute Gasteiger partial charge is 0.200 e. The van der Waals surface area contributed by atoms with Gasteiger partial charge in [-0.1, -0.05) is 95.8 Å². The predicted molar refractivity (Wildman–Crippen MR) is 164 cm³/mol. The van der Waals surface area contributed by atoms with Crippen molar-refractivity contribution in [2.75, 3.05) is 0 Å². The molecule has 2 aliphatic carbocycles. The maximum absolute atomic E-state index is 2.64. The van der Waals surface area contributed by atoms with Crippen molar-refractivity contribution in [2.24, 2.45) is 7.05 Å². The molecule has 0 aliphatic heterocycles. The minimum absolute atomic E-state index is 0.356. The number of hydrogen-bond acceptors (Lipinski definition) is 0. The van der Waals surface area contributed by atoms with Crippen LogP contribution < -0.4 is 9.75 Å². The topological polar surface area (TPSA) is 3.88 Å². The van der Waals surface area contributed by atoms with Gasteiger partial charge in [-0.15, -0.1) is 0 Å². The first-order valence-electron chi connectivity index (χ1n) is 15.3. The van der Waals surface area contributed by atoms with Crippen molar-refractivity contribution < 1.29 is 4.57 Å². The van der Waals surface area contributed by atoms with E-state index in [-0.39, 0.29) is 0 Å². The second-order valence-electron chi connectivity index (χ2n) is 13.4. The van der Waals surface area contributed by atoms with Crippen LogP contribution in [0, 0.1) is 6.92 Å². The average Bonchev–Trinajstić information content (AvgIpc) is 3.60. The number of aryl methyl sites for hydroxylation is 1. The summed E-state index contributed by atoms with van der Waals surface area (Å²) in [7, 11) is 0.636. The van der Waals surface area contributed by atoms with E-state index in [0.29, 0.717) is 5.04 Å². The van der Waals surface area contributed by atoms with Gasteiger partial charge in [0.05, 0.1) is 19.0 Å². The van der Waals surface area contributed by atoms with E-state index in [1.165, 1.54) is 91.0 Å². The molecule has 1 aromatic heterocycles. The summed E-state index contributed by atoms with van der Waals surface area (Å²) in [5, 5.41) is 4.83. The van der Waals surface area contributed by atoms with E-state index in [9.17, 15) is 0 Å². The van der Waals surface area contributed by atoms with Gasteiger partial charge in [-0.25, -0.2) is 4.57 Å². The van der Waals surface area contributed by atoms with Crippen LogP contribution in [0.2, 0.25) is 17.1 Å². The molecule has 2 aliphatic rings. The van der Waals surface area contributed by atoms with Crippen molar-refractivity contribution in [3.63, 3.8) is 0 Å². The van der Waals surface area contributed by atoms with Gasteiger partial charge in [0.25, 0.3) is 0 Å². The largest absolute Gasteiger partial charge is 0.220 e. The zero-order valence-electron chi connectivity index (χ0n) is 24.7. The molecule has 0 unspecified atom stereocenters. The summed E-state index contributed by atoms with van der Waals surface area (Å²) in [5.41, 5.74) is 7.70. The number of pyridine rings is 1. The van der Waals surface area contributed by atoms with Crippen molar-refractivity contribution in [3.8, 4) is 11.3 Å². The Bertz CT molecular complexity index is 1260. The van der Waals surface area contributed by atoms with E-state index in [1.54, 1.807) is 16.3 Å². The summed E-state index contributed by atoms with van der Waals surface area (Å²) in [6.45, 7) is 14.7. The van der Waals surface area contributed by atoms with E-state index in [0.717, 1.165) is 11.8 Å². The Kier molecular flexibility index (Phi) is 7.44. The second-order valence-corrected chi connectivity index (χ2v) is 19.0. The van der Waals surface area contributed by atoms with E-state index in [1.807, 2.05) is 0 Å². The fourth-order valence-electron chi connectivity index (χ4n) is 8.32. The third-order valence-corrected chi connectivity index (χ3v) is 17.4. The van der Waals surface area contributed by atoms with Gasteiger partial charge >= 0.3 is 0 Å². The molecule has 3 aromatic rings. The summed E-state index contributed by atoms with van der Waals surface area (Å²) in [6.07, 6.45) is 13.4. The maximum atomic E-state index is 2.64. The van der Waals surface area contributed by atoms with Crippen LogP contribution in [0.25, 0.3) is 22.0 Å². The Labute approximate surface area is 227 Å². The van der Waals surface area contributed by atoms with Gasteiger partial charge in [0, 0.05) is 6.07 Å². The Hall–Kier alpha value is -1.93. The van der Waals surface area contributed by atoms with Crippen molar-refractivity contribution in [1.82, 2.24) is 0 Å². The Morgan fingerprint density at radius 2 is 1.46 bits per heavy atom. The lowest BCUT2D eigenvalue weighted by Crippen LogP contribution is -2.53. The molecule has 1 nitrogen and oxygen atoms in total. The highest BCUT2D eigenvalue weighted by molar-refractivity contribution is 6.94. The van der Waals surface area contributed by atoms with Crippen LogP contribution in [0.15, 0.2) is 42.6 Å². The van der Waals surface area contributed by atoms with Gasteiger partial charge in [0.1, 0.15) is 7.05 Å². The normalized spacial score (nSPS) is 17.8. The summed E-state index contributed by atoms with van der Waals surface area (Å²) < 4.78 is 2.40. The number of hydrogen-bond donors (Lipinski definition) is 0. The second kappa shape index (κ2) is 10.3. The van der Waals surface area contributed by atoms with E-state index >= 15 is 0 Å². The molecular weight excluding hydrogens is 462 g/mol. The van der Waals surface area contributed by atoms with Gasteiger partial charge in [0.15, 0.2) is 6.20 Å². The van der Waals surface area contributed by atoms with Gasteiger partial charge in [-0.05, 0) is 83.7 Å². The SMILES string of the molecule is CC[Si](CC)(c1ccc2c(-c3cc(C4CCCC4)cc(C4CCCC4)c3C)[n+](C)ccc2c1)C(C)(C)C. The molecular formula is C35H50NSi+. The predicted octanol–water partition coefficient (Wildman–Crippen LogP) is 9.45. The lowest BCUT2D eigenvalue weighted by Gasteiger charge is -2.42. The van der Waals surface area contributed by atoms with Crippen LogP contribution in [0.5, 0.6) is 0 Å². The summed E-state index contributed by atoms with van der Waals surface area (Å²) in [6, 6.07) is 17.8. The summed E-state index contributed by atoms with van der Waals surface area (Å²) in [4.78, 5) is 0. The van der Waals surface area contributed by atoms with Gasteiger partial charge in [0.2, 0.25) is 5.69 Å². The fraction of sp³-hybridized carbons (Fsp3) is 0.571. The average molecular weight is 513 g/mol. The molecule has 37 heavy (non-hydrogen) atoms. The van der Waals surface area contributed by atoms with Crippen LogP contribution in [0.1, 0.15) is 115 Å². The molecule has 0 saturated heterocycles. The molecule has 0 bridgehead atoms. The Morgan fingerprint density at radius 3 is 2.05 bits per heavy atom. The molecule has 0 N–H and O–H groups in total. The van der Waals surface area contributed by atoms with E-state index in [4.69, 9.17) is 0 Å². The van der Waals surface area contributed by atoms with Crippen molar-refractivity contribution in [2.45, 2.75) is 122 Å². The third kappa shape index (κ3) is 4.62. The Morgan fingerprint density at radius 1 is 0.838 bits per heavy atom. The molecule has 2 fully saturated rings. The molecule has 198 valence electrons. The molecule has 2 saturated carbocycles. The summed E-state index contributed by atoms with van der Waals surface area (Å²) >= 11 is 0. The molecule has 2 aromatic carbocycles. The van der Waals surface area contributed by atoms with Crippen molar-refractivity contribution in [3.05, 3.63) is 59.3 Å². The van der Waals surface area contributed by atoms with Crippen molar-refractivity contribution >= 4 is 24.0 Å². The van der Waals surface area contributed by atoms with Crippen LogP contribution in [0.4, 0.5) is 0 Å². The van der Waals surface area contributed by atoms with E-state index in [2.05, 4.69) is 95.8 Å². The fourth-order valence-corrected chi connectivity index (χ4v) is 13.5. The first-order chi connectivity index (χ1) is 17.7. The quantitative estimate of drug-likeness (QED) is 0.229. The summed E-state index contributed by atoms with van der Waals surface area (Å²) in [5.74, 6) is 1.50. The lowest BCUT2D eigenvalue weighted by molar-refractivity contribution is -0.659. The highest BCUT2D eigenvalue weighted by Crippen LogP contribution is 2.44. The number of rotatable bonds is 6.